The lowest BCUT2D eigenvalue weighted by Gasteiger charge is -2.49. The quantitative estimate of drug-likeness (QED) is 0.604. The number of fused-ring (bicyclic) bond motifs is 2. The van der Waals surface area contributed by atoms with Crippen LogP contribution in [0, 0.1) is 5.92 Å². The number of piperidine rings is 3. The van der Waals surface area contributed by atoms with Crippen molar-refractivity contribution >= 4 is 29.6 Å². The number of amides is 3. The second-order valence-electron chi connectivity index (χ2n) is 7.34. The van der Waals surface area contributed by atoms with Gasteiger partial charge >= 0.3 is 18.0 Å². The van der Waals surface area contributed by atoms with Crippen LogP contribution in [-0.4, -0.2) is 68.2 Å². The molecule has 28 heavy (non-hydrogen) atoms. The van der Waals surface area contributed by atoms with Crippen molar-refractivity contribution in [2.24, 2.45) is 5.92 Å². The van der Waals surface area contributed by atoms with Crippen LogP contribution < -0.4 is 10.2 Å². The molecular weight excluding hydrogens is 366 g/mol. The van der Waals surface area contributed by atoms with Crippen LogP contribution in [0.1, 0.15) is 33.6 Å². The summed E-state index contributed by atoms with van der Waals surface area (Å²) >= 11 is 0. The lowest BCUT2D eigenvalue weighted by Crippen LogP contribution is -2.67. The van der Waals surface area contributed by atoms with Crippen molar-refractivity contribution in [3.05, 3.63) is 29.3 Å². The fourth-order valence-electron chi connectivity index (χ4n) is 4.49. The molecule has 4 saturated heterocycles. The number of imide groups is 1. The number of carbonyl (C=O) groups is 4. The van der Waals surface area contributed by atoms with Crippen molar-refractivity contribution in [3.8, 4) is 0 Å². The summed E-state index contributed by atoms with van der Waals surface area (Å²) in [4.78, 5) is 53.4. The molecule has 2 bridgehead atoms. The number of ether oxygens (including phenoxy) is 2. The van der Waals surface area contributed by atoms with Crippen molar-refractivity contribution in [2.75, 3.05) is 38.8 Å². The monoisotopic (exact) mass is 387 g/mol. The van der Waals surface area contributed by atoms with Gasteiger partial charge in [-0.2, -0.15) is 0 Å². The minimum absolute atomic E-state index is 0.0517. The van der Waals surface area contributed by atoms with E-state index in [1.165, 1.54) is 32.4 Å². The van der Waals surface area contributed by atoms with Gasteiger partial charge in [-0.1, -0.05) is 0 Å². The van der Waals surface area contributed by atoms with Gasteiger partial charge in [0.15, 0.2) is 0 Å². The molecule has 5 rings (SSSR count). The molecular formula is C19H21N3O6. The Hall–Kier alpha value is -2.94. The zero-order valence-electron chi connectivity index (χ0n) is 15.7. The molecule has 4 aliphatic heterocycles. The summed E-state index contributed by atoms with van der Waals surface area (Å²) in [7, 11) is 2.42. The Kier molecular flexibility index (Phi) is 4.34. The van der Waals surface area contributed by atoms with E-state index < -0.39 is 23.5 Å². The van der Waals surface area contributed by atoms with E-state index in [4.69, 9.17) is 9.47 Å². The molecule has 0 radical (unpaired) electrons. The van der Waals surface area contributed by atoms with Crippen LogP contribution in [0.2, 0.25) is 0 Å². The number of hydrogen-bond acceptors (Lipinski definition) is 7. The van der Waals surface area contributed by atoms with Gasteiger partial charge in [-0.3, -0.25) is 4.79 Å². The molecule has 4 heterocycles. The lowest BCUT2D eigenvalue weighted by atomic mass is 9.72. The van der Waals surface area contributed by atoms with Crippen LogP contribution in [0.3, 0.4) is 0 Å². The Morgan fingerprint density at radius 1 is 1.04 bits per heavy atom. The number of esters is 2. The van der Waals surface area contributed by atoms with Crippen LogP contribution in [-0.2, 0) is 14.3 Å². The highest BCUT2D eigenvalue weighted by molar-refractivity contribution is 6.24. The van der Waals surface area contributed by atoms with Crippen LogP contribution in [0.15, 0.2) is 18.2 Å². The Morgan fingerprint density at radius 3 is 2.07 bits per heavy atom. The molecule has 1 aromatic carbocycles. The molecule has 3 amide bonds. The largest absolute Gasteiger partial charge is 0.465 e. The number of anilines is 1. The number of carbonyl (C=O) groups excluding carboxylic acids is 4. The smallest absolute Gasteiger partial charge is 0.337 e. The van der Waals surface area contributed by atoms with E-state index in [2.05, 4.69) is 10.2 Å². The number of methoxy groups -OCH3 is 2. The maximum Gasteiger partial charge on any atom is 0.337 e. The second-order valence-corrected chi connectivity index (χ2v) is 7.34. The third kappa shape index (κ3) is 2.65. The molecule has 0 aromatic heterocycles. The van der Waals surface area contributed by atoms with E-state index in [0.29, 0.717) is 6.54 Å². The average Bonchev–Trinajstić information content (AvgIpc) is 2.96. The van der Waals surface area contributed by atoms with Crippen LogP contribution in [0.5, 0.6) is 0 Å². The highest BCUT2D eigenvalue weighted by Gasteiger charge is 2.60. The van der Waals surface area contributed by atoms with Gasteiger partial charge in [0.1, 0.15) is 5.54 Å². The van der Waals surface area contributed by atoms with Gasteiger partial charge in [-0.25, -0.2) is 19.3 Å². The molecule has 1 atom stereocenters. The van der Waals surface area contributed by atoms with Gasteiger partial charge in [0, 0.05) is 6.54 Å². The molecule has 9 heteroatoms. The summed E-state index contributed by atoms with van der Waals surface area (Å²) in [6.45, 7) is 2.30. The van der Waals surface area contributed by atoms with Gasteiger partial charge in [0.2, 0.25) is 0 Å². The first-order valence-corrected chi connectivity index (χ1v) is 9.10. The van der Waals surface area contributed by atoms with Gasteiger partial charge < -0.3 is 19.7 Å². The van der Waals surface area contributed by atoms with Crippen molar-refractivity contribution in [2.45, 2.75) is 18.4 Å². The van der Waals surface area contributed by atoms with E-state index >= 15 is 0 Å². The number of urea groups is 1. The number of rotatable bonds is 3. The predicted octanol–water partition coefficient (Wildman–Crippen LogP) is 0.780. The van der Waals surface area contributed by atoms with Crippen LogP contribution in [0.4, 0.5) is 10.5 Å². The Bertz CT molecular complexity index is 842. The van der Waals surface area contributed by atoms with Crippen molar-refractivity contribution in [1.82, 2.24) is 10.2 Å². The molecule has 1 N–H and O–H groups in total. The van der Waals surface area contributed by atoms with Crippen molar-refractivity contribution in [1.29, 1.82) is 0 Å². The summed E-state index contributed by atoms with van der Waals surface area (Å²) in [6, 6.07) is 3.49. The fourth-order valence-corrected chi connectivity index (χ4v) is 4.49. The Morgan fingerprint density at radius 2 is 1.61 bits per heavy atom. The molecule has 1 unspecified atom stereocenters. The Balaban J connectivity index is 1.76. The number of benzene rings is 1. The van der Waals surface area contributed by atoms with Crippen LogP contribution >= 0.6 is 0 Å². The second kappa shape index (κ2) is 6.59. The molecule has 0 aliphatic carbocycles. The van der Waals surface area contributed by atoms with E-state index in [0.717, 1.165) is 30.8 Å². The number of nitrogens with zero attached hydrogens (tertiary/aromatic N) is 2. The van der Waals surface area contributed by atoms with Gasteiger partial charge in [-0.05, 0) is 50.0 Å². The lowest BCUT2D eigenvalue weighted by molar-refractivity contribution is -0.129. The summed E-state index contributed by atoms with van der Waals surface area (Å²) in [6.07, 6.45) is 1.69. The normalized spacial score (nSPS) is 28.4. The standard InChI is InChI=1S/C19H21N3O6/c1-27-15(23)11-7-12(16(24)28-2)9-14(8-11)22-17(25)19(20-18(22)26)10-21-5-3-13(19)4-6-21/h7-9,13H,3-6,10H2,1-2H3,(H,20,26). The Labute approximate surface area is 161 Å². The summed E-state index contributed by atoms with van der Waals surface area (Å²) in [5, 5.41) is 2.89. The van der Waals surface area contributed by atoms with E-state index in [1.54, 1.807) is 0 Å². The van der Waals surface area contributed by atoms with Crippen molar-refractivity contribution in [3.63, 3.8) is 0 Å². The first-order chi connectivity index (χ1) is 13.4. The maximum atomic E-state index is 13.4. The molecule has 9 nitrogen and oxygen atoms in total. The average molecular weight is 387 g/mol. The van der Waals surface area contributed by atoms with Gasteiger partial charge in [0.05, 0.1) is 31.0 Å². The molecule has 4 aliphatic rings. The first kappa shape index (κ1) is 18.4. The molecule has 148 valence electrons. The number of nitrogens with one attached hydrogen (secondary N) is 1. The highest BCUT2D eigenvalue weighted by Crippen LogP contribution is 2.41. The molecule has 1 spiro atoms. The SMILES string of the molecule is COC(=O)c1cc(C(=O)OC)cc(N2C(=O)NC3(CN4CCC3CC4)C2=O)c1. The van der Waals surface area contributed by atoms with Gasteiger partial charge in [0.25, 0.3) is 5.91 Å². The van der Waals surface area contributed by atoms with E-state index in [-0.39, 0.29) is 28.6 Å². The summed E-state index contributed by atoms with van der Waals surface area (Å²) in [5.74, 6) is -1.65. The third-order valence-electron chi connectivity index (χ3n) is 5.89. The highest BCUT2D eigenvalue weighted by atomic mass is 16.5. The predicted molar refractivity (Wildman–Crippen MR) is 97.0 cm³/mol. The molecule has 1 aromatic rings. The molecule has 0 saturated carbocycles. The minimum atomic E-state index is -0.958. The first-order valence-electron chi connectivity index (χ1n) is 9.10. The zero-order chi connectivity index (χ0) is 20.1. The topological polar surface area (TPSA) is 105 Å². The number of hydrogen-bond donors (Lipinski definition) is 1. The molecule has 4 fully saturated rings. The van der Waals surface area contributed by atoms with Crippen molar-refractivity contribution < 1.29 is 28.7 Å². The fraction of sp³-hybridized carbons (Fsp3) is 0.474. The van der Waals surface area contributed by atoms with E-state index in [1.807, 2.05) is 0 Å². The third-order valence-corrected chi connectivity index (χ3v) is 5.89. The zero-order valence-corrected chi connectivity index (χ0v) is 15.7. The van der Waals surface area contributed by atoms with Crippen LogP contribution in [0.25, 0.3) is 0 Å². The van der Waals surface area contributed by atoms with E-state index in [9.17, 15) is 19.2 Å². The van der Waals surface area contributed by atoms with Gasteiger partial charge in [-0.15, -0.1) is 0 Å². The summed E-state index contributed by atoms with van der Waals surface area (Å²) in [5.41, 5.74) is -0.717. The maximum absolute atomic E-state index is 13.4. The summed E-state index contributed by atoms with van der Waals surface area (Å²) < 4.78 is 9.45. The minimum Gasteiger partial charge on any atom is -0.465 e.